The van der Waals surface area contributed by atoms with E-state index in [2.05, 4.69) is 0 Å². The van der Waals surface area contributed by atoms with Crippen molar-refractivity contribution >= 4 is 11.6 Å². The summed E-state index contributed by atoms with van der Waals surface area (Å²) in [5, 5.41) is 10.6. The maximum atomic E-state index is 13.4. The monoisotopic (exact) mass is 303 g/mol. The van der Waals surface area contributed by atoms with E-state index in [4.69, 9.17) is 5.11 Å². The molecule has 0 aliphatic heterocycles. The zero-order valence-corrected chi connectivity index (χ0v) is 10.1. The summed E-state index contributed by atoms with van der Waals surface area (Å²) >= 11 is 0. The molecule has 3 nitrogen and oxygen atoms in total. The lowest BCUT2D eigenvalue weighted by molar-refractivity contribution is 0.102. The van der Waals surface area contributed by atoms with Crippen LogP contribution in [0.5, 0.6) is 5.75 Å². The highest BCUT2D eigenvalue weighted by Crippen LogP contribution is 2.27. The number of aromatic hydroxyl groups is 1. The van der Waals surface area contributed by atoms with Gasteiger partial charge in [-0.3, -0.25) is 4.79 Å². The lowest BCUT2D eigenvalue weighted by atomic mass is 10.2. The van der Waals surface area contributed by atoms with Gasteiger partial charge in [0.2, 0.25) is 5.82 Å². The lowest BCUT2D eigenvalue weighted by Gasteiger charge is -2.09. The van der Waals surface area contributed by atoms with E-state index in [0.717, 1.165) is 24.3 Å². The fraction of sp³-hybridized carbons (Fsp3) is 0. The van der Waals surface area contributed by atoms with Crippen LogP contribution in [0.1, 0.15) is 10.4 Å². The number of carbonyl (C=O) groups excluding carboxylic acids is 1. The Morgan fingerprint density at radius 1 is 0.810 bits per heavy atom. The topological polar surface area (TPSA) is 49.3 Å². The van der Waals surface area contributed by atoms with Crippen molar-refractivity contribution in [2.24, 2.45) is 0 Å². The first kappa shape index (κ1) is 14.8. The van der Waals surface area contributed by atoms with Crippen molar-refractivity contribution in [3.05, 3.63) is 58.9 Å². The van der Waals surface area contributed by atoms with E-state index in [9.17, 15) is 26.7 Å². The molecule has 2 N–H and O–H groups in total. The normalized spacial score (nSPS) is 10.5. The van der Waals surface area contributed by atoms with Crippen molar-refractivity contribution in [2.75, 3.05) is 5.32 Å². The standard InChI is InChI=1S/C13H6F5NO2/c14-7-8(15)10(17)12(11(18)9(7)16)19-13(21)5-1-3-6(20)4-2-5/h1-4,20H,(H,19,21). The predicted octanol–water partition coefficient (Wildman–Crippen LogP) is 3.34. The van der Waals surface area contributed by atoms with Gasteiger partial charge in [-0.25, -0.2) is 22.0 Å². The van der Waals surface area contributed by atoms with E-state index in [1.807, 2.05) is 0 Å². The number of anilines is 1. The largest absolute Gasteiger partial charge is 0.508 e. The second-order valence-corrected chi connectivity index (χ2v) is 3.95. The first-order valence-corrected chi connectivity index (χ1v) is 5.44. The Morgan fingerprint density at radius 2 is 1.24 bits per heavy atom. The summed E-state index contributed by atoms with van der Waals surface area (Å²) in [6.07, 6.45) is 0. The van der Waals surface area contributed by atoms with Crippen molar-refractivity contribution in [1.82, 2.24) is 0 Å². The Bertz CT molecular complexity index is 686. The Labute approximate surface area is 114 Å². The number of hydrogen-bond donors (Lipinski definition) is 2. The minimum Gasteiger partial charge on any atom is -0.508 e. The Hall–Kier alpha value is -2.64. The average Bonchev–Trinajstić information content (AvgIpc) is 2.48. The molecule has 110 valence electrons. The number of carbonyl (C=O) groups is 1. The molecule has 0 radical (unpaired) electrons. The number of amides is 1. The molecular formula is C13H6F5NO2. The van der Waals surface area contributed by atoms with Crippen molar-refractivity contribution < 1.29 is 31.9 Å². The predicted molar refractivity (Wildman–Crippen MR) is 62.3 cm³/mol. The van der Waals surface area contributed by atoms with E-state index < -0.39 is 40.7 Å². The summed E-state index contributed by atoms with van der Waals surface area (Å²) in [6, 6.07) is 4.45. The minimum atomic E-state index is -2.31. The first-order chi connectivity index (χ1) is 9.82. The fourth-order valence-corrected chi connectivity index (χ4v) is 1.51. The van der Waals surface area contributed by atoms with Crippen LogP contribution in [0, 0.1) is 29.1 Å². The Morgan fingerprint density at radius 3 is 1.71 bits per heavy atom. The number of halogens is 5. The zero-order valence-electron chi connectivity index (χ0n) is 10.1. The van der Waals surface area contributed by atoms with Crippen molar-refractivity contribution in [3.8, 4) is 5.75 Å². The fourth-order valence-electron chi connectivity index (χ4n) is 1.51. The molecule has 0 spiro atoms. The van der Waals surface area contributed by atoms with E-state index in [0.29, 0.717) is 0 Å². The van der Waals surface area contributed by atoms with Gasteiger partial charge in [0.1, 0.15) is 11.4 Å². The van der Waals surface area contributed by atoms with E-state index >= 15 is 0 Å². The molecule has 2 rings (SSSR count). The van der Waals surface area contributed by atoms with E-state index in [-0.39, 0.29) is 11.3 Å². The molecule has 2 aromatic carbocycles. The van der Waals surface area contributed by atoms with Crippen LogP contribution in [0.4, 0.5) is 27.6 Å². The molecule has 0 aromatic heterocycles. The van der Waals surface area contributed by atoms with Gasteiger partial charge in [-0.2, -0.15) is 0 Å². The van der Waals surface area contributed by atoms with E-state index in [1.165, 1.54) is 0 Å². The maximum Gasteiger partial charge on any atom is 0.255 e. The van der Waals surface area contributed by atoms with Crippen LogP contribution in [-0.2, 0) is 0 Å². The minimum absolute atomic E-state index is 0.142. The van der Waals surface area contributed by atoms with Crippen LogP contribution >= 0.6 is 0 Å². The second-order valence-electron chi connectivity index (χ2n) is 3.95. The highest BCUT2D eigenvalue weighted by Gasteiger charge is 2.27. The van der Waals surface area contributed by atoms with Crippen molar-refractivity contribution in [2.45, 2.75) is 0 Å². The van der Waals surface area contributed by atoms with E-state index in [1.54, 1.807) is 5.32 Å². The molecule has 21 heavy (non-hydrogen) atoms. The Kier molecular flexibility index (Phi) is 3.79. The van der Waals surface area contributed by atoms with Gasteiger partial charge >= 0.3 is 0 Å². The quantitative estimate of drug-likeness (QED) is 0.508. The molecule has 0 fully saturated rings. The maximum absolute atomic E-state index is 13.4. The van der Waals surface area contributed by atoms with Gasteiger partial charge in [0.05, 0.1) is 0 Å². The molecule has 1 amide bonds. The molecular weight excluding hydrogens is 297 g/mol. The number of hydrogen-bond acceptors (Lipinski definition) is 2. The third-order valence-electron chi connectivity index (χ3n) is 2.58. The number of benzene rings is 2. The SMILES string of the molecule is O=C(Nc1c(F)c(F)c(F)c(F)c1F)c1ccc(O)cc1. The number of rotatable bonds is 2. The Balaban J connectivity index is 2.40. The summed E-state index contributed by atoms with van der Waals surface area (Å²) in [5.74, 6) is -12.2. The number of phenols is 1. The van der Waals surface area contributed by atoms with Crippen LogP contribution in [0.3, 0.4) is 0 Å². The number of phenolic OH excluding ortho intramolecular Hbond substituents is 1. The van der Waals surface area contributed by atoms with Crippen molar-refractivity contribution in [3.63, 3.8) is 0 Å². The number of nitrogens with one attached hydrogen (secondary N) is 1. The van der Waals surface area contributed by atoms with Crippen molar-refractivity contribution in [1.29, 1.82) is 0 Å². The van der Waals surface area contributed by atoms with Crippen LogP contribution in [0.25, 0.3) is 0 Å². The summed E-state index contributed by atoms with van der Waals surface area (Å²) in [6.45, 7) is 0. The smallest absolute Gasteiger partial charge is 0.255 e. The van der Waals surface area contributed by atoms with Crippen LogP contribution < -0.4 is 5.32 Å². The molecule has 0 saturated carbocycles. The molecule has 0 aliphatic carbocycles. The van der Waals surface area contributed by atoms with Gasteiger partial charge in [-0.1, -0.05) is 0 Å². The molecule has 8 heteroatoms. The molecule has 2 aromatic rings. The average molecular weight is 303 g/mol. The van der Waals surface area contributed by atoms with Gasteiger partial charge in [0.15, 0.2) is 23.3 Å². The summed E-state index contributed by atoms with van der Waals surface area (Å²) in [4.78, 5) is 11.7. The third-order valence-corrected chi connectivity index (χ3v) is 2.58. The molecule has 0 saturated heterocycles. The van der Waals surface area contributed by atoms with Crippen LogP contribution in [0.2, 0.25) is 0 Å². The molecule has 0 heterocycles. The van der Waals surface area contributed by atoms with Gasteiger partial charge in [0, 0.05) is 5.56 Å². The molecule has 0 unspecified atom stereocenters. The zero-order chi connectivity index (χ0) is 15.7. The van der Waals surface area contributed by atoms with Crippen LogP contribution in [0.15, 0.2) is 24.3 Å². The summed E-state index contributed by atoms with van der Waals surface area (Å²) in [7, 11) is 0. The van der Waals surface area contributed by atoms with Gasteiger partial charge in [-0.05, 0) is 24.3 Å². The van der Waals surface area contributed by atoms with Gasteiger partial charge in [-0.15, -0.1) is 0 Å². The second kappa shape index (κ2) is 5.39. The molecule has 0 aliphatic rings. The lowest BCUT2D eigenvalue weighted by Crippen LogP contribution is -2.16. The van der Waals surface area contributed by atoms with Gasteiger partial charge < -0.3 is 10.4 Å². The highest BCUT2D eigenvalue weighted by atomic mass is 19.2. The highest BCUT2D eigenvalue weighted by molar-refractivity contribution is 6.04. The molecule has 0 atom stereocenters. The third kappa shape index (κ3) is 2.64. The summed E-state index contributed by atoms with van der Waals surface area (Å²) < 4.78 is 65.5. The summed E-state index contributed by atoms with van der Waals surface area (Å²) in [5.41, 5.74) is -1.58. The van der Waals surface area contributed by atoms with Gasteiger partial charge in [0.25, 0.3) is 5.91 Å². The van der Waals surface area contributed by atoms with Crippen LogP contribution in [-0.4, -0.2) is 11.0 Å². The first-order valence-electron chi connectivity index (χ1n) is 5.44. The molecule has 0 bridgehead atoms.